The summed E-state index contributed by atoms with van der Waals surface area (Å²) >= 11 is 1.17. The number of aliphatic imine (C=N–C) groups is 1. The van der Waals surface area contributed by atoms with Crippen LogP contribution in [0.5, 0.6) is 11.5 Å². The molecule has 2 heterocycles. The molecule has 38 heavy (non-hydrogen) atoms. The summed E-state index contributed by atoms with van der Waals surface area (Å²) in [4.78, 5) is 47.5. The highest BCUT2D eigenvalue weighted by molar-refractivity contribution is 8.15. The molecule has 0 radical (unpaired) electrons. The van der Waals surface area contributed by atoms with Crippen LogP contribution >= 0.6 is 11.8 Å². The third kappa shape index (κ3) is 6.27. The van der Waals surface area contributed by atoms with E-state index in [0.29, 0.717) is 28.9 Å². The fourth-order valence-electron chi connectivity index (χ4n) is 3.73. The summed E-state index contributed by atoms with van der Waals surface area (Å²) in [5.74, 6) is 0.0473. The molecule has 4 rings (SSSR count). The number of ether oxygens (including phenoxy) is 2. The predicted molar refractivity (Wildman–Crippen MR) is 144 cm³/mol. The van der Waals surface area contributed by atoms with Crippen molar-refractivity contribution >= 4 is 45.8 Å². The minimum atomic E-state index is -0.763. The lowest BCUT2D eigenvalue weighted by Gasteiger charge is -2.16. The summed E-state index contributed by atoms with van der Waals surface area (Å²) in [6.07, 6.45) is 1.46. The molecule has 1 atom stereocenters. The quantitative estimate of drug-likeness (QED) is 0.295. The van der Waals surface area contributed by atoms with E-state index in [4.69, 9.17) is 14.5 Å². The van der Waals surface area contributed by atoms with Crippen LogP contribution in [0.2, 0.25) is 0 Å². The van der Waals surface area contributed by atoms with Crippen LogP contribution in [0, 0.1) is 10.1 Å². The zero-order valence-corrected chi connectivity index (χ0v) is 21.5. The lowest BCUT2D eigenvalue weighted by atomic mass is 10.2. The van der Waals surface area contributed by atoms with Gasteiger partial charge in [-0.2, -0.15) is 0 Å². The average molecular weight is 536 g/mol. The van der Waals surface area contributed by atoms with Crippen molar-refractivity contribution in [1.82, 2.24) is 9.88 Å². The molecule has 0 spiro atoms. The maximum absolute atomic E-state index is 13.4. The summed E-state index contributed by atoms with van der Waals surface area (Å²) in [5, 5.41) is 13.5. The Kier molecular flexibility index (Phi) is 8.54. The zero-order chi connectivity index (χ0) is 27.1. The normalized spacial score (nSPS) is 15.9. The molecule has 1 N–H and O–H groups in total. The van der Waals surface area contributed by atoms with Crippen molar-refractivity contribution in [3.05, 3.63) is 82.7 Å². The molecule has 1 saturated heterocycles. The maximum atomic E-state index is 13.4. The van der Waals surface area contributed by atoms with Gasteiger partial charge in [0.1, 0.15) is 22.4 Å². The number of nitrogens with zero attached hydrogens (tertiary/aromatic N) is 4. The highest BCUT2D eigenvalue weighted by Gasteiger charge is 2.39. The minimum Gasteiger partial charge on any atom is -0.495 e. The highest BCUT2D eigenvalue weighted by Crippen LogP contribution is 2.36. The fourth-order valence-corrected chi connectivity index (χ4v) is 4.88. The minimum absolute atomic E-state index is 0.145. The molecule has 2 aromatic carbocycles. The number of nitro groups is 1. The van der Waals surface area contributed by atoms with E-state index >= 15 is 0 Å². The molecule has 1 unspecified atom stereocenters. The van der Waals surface area contributed by atoms with Gasteiger partial charge in [-0.05, 0) is 37.3 Å². The summed E-state index contributed by atoms with van der Waals surface area (Å²) in [5.41, 5.74) is 1.17. The Labute approximate surface area is 223 Å². The summed E-state index contributed by atoms with van der Waals surface area (Å²) in [6, 6.07) is 16.6. The van der Waals surface area contributed by atoms with E-state index in [1.165, 1.54) is 42.0 Å². The number of amidine groups is 1. The largest absolute Gasteiger partial charge is 0.495 e. The first kappa shape index (κ1) is 26.6. The molecule has 196 valence electrons. The molecular formula is C26H25N5O6S. The van der Waals surface area contributed by atoms with E-state index in [0.717, 1.165) is 0 Å². The van der Waals surface area contributed by atoms with Crippen molar-refractivity contribution in [3.63, 3.8) is 0 Å². The number of para-hydroxylation sites is 2. The molecule has 0 saturated carbocycles. The number of carbonyl (C=O) groups is 2. The topological polar surface area (TPSA) is 136 Å². The molecule has 3 aromatic rings. The maximum Gasteiger partial charge on any atom is 0.271 e. The number of pyridine rings is 1. The van der Waals surface area contributed by atoms with Gasteiger partial charge in [0, 0.05) is 24.8 Å². The Bertz CT molecular complexity index is 1370. The molecule has 2 amide bonds. The molecule has 0 bridgehead atoms. The Morgan fingerprint density at radius 3 is 2.68 bits per heavy atom. The molecule has 1 aliphatic rings. The van der Waals surface area contributed by atoms with Crippen LogP contribution in [0.4, 0.5) is 17.1 Å². The number of nitrogens with one attached hydrogen (secondary N) is 1. The number of benzene rings is 2. The number of amides is 2. The summed E-state index contributed by atoms with van der Waals surface area (Å²) < 4.78 is 10.9. The van der Waals surface area contributed by atoms with Crippen molar-refractivity contribution in [1.29, 1.82) is 0 Å². The van der Waals surface area contributed by atoms with Crippen LogP contribution in [0.15, 0.2) is 71.9 Å². The second-order valence-corrected chi connectivity index (χ2v) is 9.21. The predicted octanol–water partition coefficient (Wildman–Crippen LogP) is 4.56. The molecule has 11 nitrogen and oxygen atoms in total. The number of aromatic nitrogens is 1. The van der Waals surface area contributed by atoms with Gasteiger partial charge in [0.25, 0.3) is 5.69 Å². The lowest BCUT2D eigenvalue weighted by Crippen LogP contribution is -2.33. The number of rotatable bonds is 10. The van der Waals surface area contributed by atoms with Crippen molar-refractivity contribution in [2.45, 2.75) is 25.1 Å². The van der Waals surface area contributed by atoms with Gasteiger partial charge < -0.3 is 14.8 Å². The zero-order valence-electron chi connectivity index (χ0n) is 20.7. The highest BCUT2D eigenvalue weighted by atomic mass is 32.2. The molecule has 0 aliphatic carbocycles. The molecule has 1 fully saturated rings. The number of carbonyl (C=O) groups excluding carboxylic acids is 2. The fraction of sp³-hybridized carbons (Fsp3) is 0.231. The summed E-state index contributed by atoms with van der Waals surface area (Å²) in [6.45, 7) is 2.50. The second kappa shape index (κ2) is 12.2. The van der Waals surface area contributed by atoms with Gasteiger partial charge in [0.15, 0.2) is 5.17 Å². The number of hydrogen-bond donors (Lipinski definition) is 1. The first-order chi connectivity index (χ1) is 18.4. The van der Waals surface area contributed by atoms with Crippen molar-refractivity contribution in [2.75, 3.05) is 19.0 Å². The number of nitro benzene ring substituents is 1. The van der Waals surface area contributed by atoms with E-state index < -0.39 is 16.1 Å². The average Bonchev–Trinajstić information content (AvgIpc) is 3.19. The standard InChI is InChI=1S/C26H25N5O6S/c1-3-37-22-10-5-4-9-19(22)29-26-30(16-17-8-6-7-13-27-17)25(33)23(38-26)15-24(32)28-20-14-18(31(34)35)11-12-21(20)36-2/h4-14,23H,3,15-16H2,1-2H3,(H,28,32). The van der Waals surface area contributed by atoms with E-state index in [-0.39, 0.29) is 36.0 Å². The van der Waals surface area contributed by atoms with Gasteiger partial charge in [0.05, 0.1) is 36.6 Å². The van der Waals surface area contributed by atoms with E-state index in [1.54, 1.807) is 30.5 Å². The van der Waals surface area contributed by atoms with Crippen molar-refractivity contribution in [2.24, 2.45) is 4.99 Å². The van der Waals surface area contributed by atoms with Gasteiger partial charge in [-0.1, -0.05) is 30.0 Å². The van der Waals surface area contributed by atoms with Gasteiger partial charge in [-0.15, -0.1) is 0 Å². The Balaban J connectivity index is 1.58. The lowest BCUT2D eigenvalue weighted by molar-refractivity contribution is -0.384. The van der Waals surface area contributed by atoms with Crippen LogP contribution in [0.25, 0.3) is 0 Å². The van der Waals surface area contributed by atoms with E-state index in [2.05, 4.69) is 10.3 Å². The van der Waals surface area contributed by atoms with E-state index in [1.807, 2.05) is 25.1 Å². The van der Waals surface area contributed by atoms with Crippen molar-refractivity contribution in [3.8, 4) is 11.5 Å². The van der Waals surface area contributed by atoms with Gasteiger partial charge >= 0.3 is 0 Å². The number of non-ortho nitro benzene ring substituents is 1. The van der Waals surface area contributed by atoms with Crippen LogP contribution in [-0.2, 0) is 16.1 Å². The molecule has 12 heteroatoms. The smallest absolute Gasteiger partial charge is 0.271 e. The Hall–Kier alpha value is -4.45. The number of anilines is 1. The third-order valence-corrected chi connectivity index (χ3v) is 6.66. The van der Waals surface area contributed by atoms with Crippen LogP contribution in [-0.4, -0.2) is 50.8 Å². The van der Waals surface area contributed by atoms with Gasteiger partial charge in [-0.3, -0.25) is 29.6 Å². The molecular weight excluding hydrogens is 510 g/mol. The second-order valence-electron chi connectivity index (χ2n) is 8.04. The molecule has 1 aliphatic heterocycles. The monoisotopic (exact) mass is 535 g/mol. The Morgan fingerprint density at radius 2 is 1.97 bits per heavy atom. The SMILES string of the molecule is CCOc1ccccc1N=C1SC(CC(=O)Nc2cc([N+](=O)[O-])ccc2OC)C(=O)N1Cc1ccccn1. The first-order valence-corrected chi connectivity index (χ1v) is 12.6. The molecule has 1 aromatic heterocycles. The van der Waals surface area contributed by atoms with Crippen LogP contribution in [0.1, 0.15) is 19.0 Å². The van der Waals surface area contributed by atoms with Gasteiger partial charge in [0.2, 0.25) is 11.8 Å². The van der Waals surface area contributed by atoms with Crippen LogP contribution < -0.4 is 14.8 Å². The first-order valence-electron chi connectivity index (χ1n) is 11.7. The summed E-state index contributed by atoms with van der Waals surface area (Å²) in [7, 11) is 1.39. The number of methoxy groups -OCH3 is 1. The van der Waals surface area contributed by atoms with Gasteiger partial charge in [-0.25, -0.2) is 4.99 Å². The Morgan fingerprint density at radius 1 is 1.18 bits per heavy atom. The van der Waals surface area contributed by atoms with E-state index in [9.17, 15) is 19.7 Å². The van der Waals surface area contributed by atoms with Crippen molar-refractivity contribution < 1.29 is 24.0 Å². The number of thioether (sulfide) groups is 1. The van der Waals surface area contributed by atoms with Crippen LogP contribution in [0.3, 0.4) is 0 Å². The third-order valence-electron chi connectivity index (χ3n) is 5.49. The number of hydrogen-bond acceptors (Lipinski definition) is 9.